The fourth-order valence-corrected chi connectivity index (χ4v) is 2.16. The summed E-state index contributed by atoms with van der Waals surface area (Å²) in [5.74, 6) is 1.36. The summed E-state index contributed by atoms with van der Waals surface area (Å²) < 4.78 is 10.6. The van der Waals surface area contributed by atoms with E-state index in [9.17, 15) is 0 Å². The molecular formula is C12H16N4O2S. The van der Waals surface area contributed by atoms with E-state index in [1.807, 2.05) is 26.8 Å². The van der Waals surface area contributed by atoms with Crippen molar-refractivity contribution in [2.45, 2.75) is 30.8 Å². The molecule has 0 unspecified atom stereocenters. The van der Waals surface area contributed by atoms with Gasteiger partial charge in [0.05, 0.1) is 17.8 Å². The first-order valence-electron chi connectivity index (χ1n) is 6.07. The zero-order valence-corrected chi connectivity index (χ0v) is 12.0. The smallest absolute Gasteiger partial charge is 0.322 e. The molecule has 0 aliphatic heterocycles. The predicted octanol–water partition coefficient (Wildman–Crippen LogP) is 2.75. The van der Waals surface area contributed by atoms with Gasteiger partial charge in [-0.25, -0.2) is 0 Å². The molecule has 0 aliphatic carbocycles. The zero-order chi connectivity index (χ0) is 13.7. The van der Waals surface area contributed by atoms with Crippen molar-refractivity contribution in [2.75, 3.05) is 18.5 Å². The maximum absolute atomic E-state index is 5.34. The molecule has 0 radical (unpaired) electrons. The molecule has 2 heterocycles. The number of nitrogens with zero attached hydrogens (tertiary/aromatic N) is 3. The average molecular weight is 280 g/mol. The van der Waals surface area contributed by atoms with Gasteiger partial charge in [0.2, 0.25) is 11.1 Å². The van der Waals surface area contributed by atoms with Crippen molar-refractivity contribution in [3.05, 3.63) is 18.1 Å². The molecule has 0 bridgehead atoms. The van der Waals surface area contributed by atoms with E-state index in [0.29, 0.717) is 23.7 Å². The van der Waals surface area contributed by atoms with Crippen molar-refractivity contribution >= 4 is 17.7 Å². The standard InChI is InChI=1S/C12H16N4O2S/c1-4-13-10-14-11(17-5-2)16-12(15-10)19-9-6-7-18-8(9)3/h6-7H,4-5H2,1-3H3,(H,13,14,15,16). The van der Waals surface area contributed by atoms with Gasteiger partial charge in [-0.05, 0) is 38.6 Å². The van der Waals surface area contributed by atoms with Crippen LogP contribution >= 0.6 is 11.8 Å². The third-order valence-electron chi connectivity index (χ3n) is 2.22. The summed E-state index contributed by atoms with van der Waals surface area (Å²) in [7, 11) is 0. The maximum atomic E-state index is 5.34. The highest BCUT2D eigenvalue weighted by molar-refractivity contribution is 7.99. The molecule has 0 spiro atoms. The van der Waals surface area contributed by atoms with Gasteiger partial charge in [-0.1, -0.05) is 0 Å². The number of aryl methyl sites for hydroxylation is 1. The first-order valence-corrected chi connectivity index (χ1v) is 6.89. The number of anilines is 1. The van der Waals surface area contributed by atoms with Crippen molar-refractivity contribution in [2.24, 2.45) is 0 Å². The minimum absolute atomic E-state index is 0.331. The monoisotopic (exact) mass is 280 g/mol. The molecule has 102 valence electrons. The second kappa shape index (κ2) is 6.42. The van der Waals surface area contributed by atoms with Gasteiger partial charge in [0.15, 0.2) is 0 Å². The summed E-state index contributed by atoms with van der Waals surface area (Å²) in [6.45, 7) is 7.04. The highest BCUT2D eigenvalue weighted by Crippen LogP contribution is 2.29. The minimum atomic E-state index is 0.331. The van der Waals surface area contributed by atoms with Gasteiger partial charge < -0.3 is 14.5 Å². The molecule has 0 aliphatic rings. The molecule has 0 amide bonds. The predicted molar refractivity (Wildman–Crippen MR) is 72.7 cm³/mol. The van der Waals surface area contributed by atoms with Gasteiger partial charge in [0, 0.05) is 6.54 Å². The number of furan rings is 1. The number of rotatable bonds is 6. The van der Waals surface area contributed by atoms with Gasteiger partial charge in [0.25, 0.3) is 0 Å². The second-order valence-corrected chi connectivity index (χ2v) is 4.64. The molecule has 0 aromatic carbocycles. The summed E-state index contributed by atoms with van der Waals surface area (Å²) >= 11 is 1.42. The molecule has 7 heteroatoms. The fourth-order valence-electron chi connectivity index (χ4n) is 1.39. The van der Waals surface area contributed by atoms with Gasteiger partial charge >= 0.3 is 6.01 Å². The number of nitrogens with one attached hydrogen (secondary N) is 1. The first-order chi connectivity index (χ1) is 9.22. The van der Waals surface area contributed by atoms with Crippen molar-refractivity contribution in [3.63, 3.8) is 0 Å². The molecule has 1 N–H and O–H groups in total. The van der Waals surface area contributed by atoms with Crippen molar-refractivity contribution in [1.29, 1.82) is 0 Å². The Kier molecular flexibility index (Phi) is 4.62. The molecule has 2 aromatic rings. The number of hydrogen-bond acceptors (Lipinski definition) is 7. The van der Waals surface area contributed by atoms with Crippen LogP contribution in [-0.2, 0) is 0 Å². The number of hydrogen-bond donors (Lipinski definition) is 1. The van der Waals surface area contributed by atoms with E-state index in [4.69, 9.17) is 9.15 Å². The summed E-state index contributed by atoms with van der Waals surface area (Å²) in [5, 5.41) is 3.64. The van der Waals surface area contributed by atoms with E-state index in [1.165, 1.54) is 11.8 Å². The normalized spacial score (nSPS) is 10.5. The third-order valence-corrected chi connectivity index (χ3v) is 3.22. The van der Waals surface area contributed by atoms with Crippen LogP contribution in [0.1, 0.15) is 19.6 Å². The Balaban J connectivity index is 2.25. The largest absolute Gasteiger partial charge is 0.468 e. The maximum Gasteiger partial charge on any atom is 0.322 e. The molecule has 2 rings (SSSR count). The zero-order valence-electron chi connectivity index (χ0n) is 11.1. The quantitative estimate of drug-likeness (QED) is 0.872. The lowest BCUT2D eigenvalue weighted by molar-refractivity contribution is 0.308. The van der Waals surface area contributed by atoms with E-state index in [-0.39, 0.29) is 0 Å². The van der Waals surface area contributed by atoms with E-state index < -0.39 is 0 Å². The van der Waals surface area contributed by atoms with Gasteiger partial charge in [-0.2, -0.15) is 15.0 Å². The summed E-state index contributed by atoms with van der Waals surface area (Å²) in [6, 6.07) is 2.22. The van der Waals surface area contributed by atoms with Gasteiger partial charge in [-0.3, -0.25) is 0 Å². The Morgan fingerprint density at radius 1 is 1.32 bits per heavy atom. The van der Waals surface area contributed by atoms with E-state index >= 15 is 0 Å². The van der Waals surface area contributed by atoms with Crippen molar-refractivity contribution in [3.8, 4) is 6.01 Å². The fraction of sp³-hybridized carbons (Fsp3) is 0.417. The Labute approximate surface area is 116 Å². The minimum Gasteiger partial charge on any atom is -0.468 e. The highest BCUT2D eigenvalue weighted by atomic mass is 32.2. The topological polar surface area (TPSA) is 73.1 Å². The SMILES string of the molecule is CCNc1nc(OCC)nc(Sc2ccoc2C)n1. The van der Waals surface area contributed by atoms with Crippen molar-refractivity contribution in [1.82, 2.24) is 15.0 Å². The lowest BCUT2D eigenvalue weighted by atomic mass is 10.5. The van der Waals surface area contributed by atoms with Crippen LogP contribution in [0.5, 0.6) is 6.01 Å². The summed E-state index contributed by atoms with van der Waals surface area (Å²) in [6.07, 6.45) is 1.65. The van der Waals surface area contributed by atoms with E-state index in [1.54, 1.807) is 6.26 Å². The first kappa shape index (κ1) is 13.7. The molecule has 0 atom stereocenters. The lowest BCUT2D eigenvalue weighted by Gasteiger charge is -2.07. The van der Waals surface area contributed by atoms with Crippen LogP contribution in [0.3, 0.4) is 0 Å². The van der Waals surface area contributed by atoms with Crippen LogP contribution in [0.15, 0.2) is 26.8 Å². The molecule has 19 heavy (non-hydrogen) atoms. The van der Waals surface area contributed by atoms with Gasteiger partial charge in [-0.15, -0.1) is 0 Å². The number of aromatic nitrogens is 3. The summed E-state index contributed by atoms with van der Waals surface area (Å²) in [5.41, 5.74) is 0. The molecular weight excluding hydrogens is 264 g/mol. The third kappa shape index (κ3) is 3.60. The van der Waals surface area contributed by atoms with Crippen LogP contribution in [0.2, 0.25) is 0 Å². The Morgan fingerprint density at radius 2 is 2.16 bits per heavy atom. The second-order valence-electron chi connectivity index (χ2n) is 3.63. The average Bonchev–Trinajstić information content (AvgIpc) is 2.76. The van der Waals surface area contributed by atoms with Crippen LogP contribution in [0.4, 0.5) is 5.95 Å². The van der Waals surface area contributed by atoms with Crippen LogP contribution < -0.4 is 10.1 Å². The van der Waals surface area contributed by atoms with E-state index in [2.05, 4.69) is 20.3 Å². The van der Waals surface area contributed by atoms with Crippen LogP contribution in [0.25, 0.3) is 0 Å². The highest BCUT2D eigenvalue weighted by Gasteiger charge is 2.11. The Hall–Kier alpha value is -1.76. The van der Waals surface area contributed by atoms with Crippen molar-refractivity contribution < 1.29 is 9.15 Å². The lowest BCUT2D eigenvalue weighted by Crippen LogP contribution is -2.07. The molecule has 0 fully saturated rings. The Bertz CT molecular complexity index is 520. The molecule has 0 saturated heterocycles. The molecule has 0 saturated carbocycles. The number of ether oxygens (including phenoxy) is 1. The van der Waals surface area contributed by atoms with Crippen LogP contribution in [-0.4, -0.2) is 28.1 Å². The molecule has 2 aromatic heterocycles. The molecule has 6 nitrogen and oxygen atoms in total. The van der Waals surface area contributed by atoms with Gasteiger partial charge in [0.1, 0.15) is 5.76 Å². The van der Waals surface area contributed by atoms with Crippen LogP contribution in [0, 0.1) is 6.92 Å². The van der Waals surface area contributed by atoms with E-state index in [0.717, 1.165) is 17.2 Å². The Morgan fingerprint density at radius 3 is 2.79 bits per heavy atom. The summed E-state index contributed by atoms with van der Waals surface area (Å²) in [4.78, 5) is 13.7.